The van der Waals surface area contributed by atoms with E-state index in [0.29, 0.717) is 3.57 Å². The summed E-state index contributed by atoms with van der Waals surface area (Å²) in [5, 5.41) is 10.2. The predicted octanol–water partition coefficient (Wildman–Crippen LogP) is 1.92. The maximum atomic E-state index is 12.7. The molecule has 0 atom stereocenters. The van der Waals surface area contributed by atoms with Gasteiger partial charge in [-0.3, -0.25) is 5.32 Å². The predicted molar refractivity (Wildman–Crippen MR) is 48.6 cm³/mol. The molecule has 64 valence electrons. The molecule has 4 nitrogen and oxygen atoms in total. The highest BCUT2D eigenvalue weighted by atomic mass is 127. The molecular formula is C6H4FIN2O2. The third-order valence-corrected chi connectivity index (χ3v) is 1.84. The number of rotatable bonds is 1. The first kappa shape index (κ1) is 9.17. The molecule has 0 fully saturated rings. The summed E-state index contributed by atoms with van der Waals surface area (Å²) < 4.78 is 13.1. The van der Waals surface area contributed by atoms with Crippen molar-refractivity contribution >= 4 is 34.5 Å². The summed E-state index contributed by atoms with van der Waals surface area (Å²) >= 11 is 1.76. The third-order valence-electron chi connectivity index (χ3n) is 1.04. The summed E-state index contributed by atoms with van der Waals surface area (Å²) in [7, 11) is 0. The zero-order chi connectivity index (χ0) is 9.14. The van der Waals surface area contributed by atoms with Crippen molar-refractivity contribution < 1.29 is 14.3 Å². The van der Waals surface area contributed by atoms with Crippen molar-refractivity contribution in [3.05, 3.63) is 21.7 Å². The summed E-state index contributed by atoms with van der Waals surface area (Å²) in [5.74, 6) is -0.505. The van der Waals surface area contributed by atoms with E-state index in [4.69, 9.17) is 5.11 Å². The number of anilines is 1. The quantitative estimate of drug-likeness (QED) is 0.773. The third kappa shape index (κ3) is 2.29. The Hall–Kier alpha value is -0.920. The van der Waals surface area contributed by atoms with Crippen LogP contribution in [0.15, 0.2) is 12.3 Å². The average Bonchev–Trinajstić information content (AvgIpc) is 1.96. The number of nitrogens with zero attached hydrogens (tertiary/aromatic N) is 1. The fraction of sp³-hybridized carbons (Fsp3) is 0. The molecule has 0 bridgehead atoms. The van der Waals surface area contributed by atoms with E-state index in [1.54, 1.807) is 22.6 Å². The molecule has 0 aromatic carbocycles. The number of halogens is 2. The number of carboxylic acid groups (broad SMARTS) is 1. The molecule has 1 rings (SSSR count). The highest BCUT2D eigenvalue weighted by molar-refractivity contribution is 14.1. The SMILES string of the molecule is O=C(O)Nc1cc(F)c(I)cn1. The summed E-state index contributed by atoms with van der Waals surface area (Å²) in [4.78, 5) is 13.7. The van der Waals surface area contributed by atoms with E-state index in [1.165, 1.54) is 6.20 Å². The molecule has 0 saturated heterocycles. The lowest BCUT2D eigenvalue weighted by Crippen LogP contribution is -2.09. The zero-order valence-electron chi connectivity index (χ0n) is 5.71. The van der Waals surface area contributed by atoms with Gasteiger partial charge in [0.15, 0.2) is 0 Å². The molecule has 1 amide bonds. The second-order valence-corrected chi connectivity index (χ2v) is 3.08. The van der Waals surface area contributed by atoms with Crippen molar-refractivity contribution in [1.29, 1.82) is 0 Å². The van der Waals surface area contributed by atoms with Gasteiger partial charge in [-0.25, -0.2) is 14.2 Å². The first-order valence-corrected chi connectivity index (χ1v) is 3.98. The van der Waals surface area contributed by atoms with Crippen LogP contribution in [0.5, 0.6) is 0 Å². The standard InChI is InChI=1S/C6H4FIN2O2/c7-3-1-5(10-6(11)12)9-2-4(3)8/h1-2H,(H,9,10)(H,11,12). The van der Waals surface area contributed by atoms with E-state index in [0.717, 1.165) is 6.07 Å². The van der Waals surface area contributed by atoms with Gasteiger partial charge in [-0.05, 0) is 22.6 Å². The van der Waals surface area contributed by atoms with Gasteiger partial charge >= 0.3 is 6.09 Å². The van der Waals surface area contributed by atoms with Gasteiger partial charge in [0, 0.05) is 12.3 Å². The van der Waals surface area contributed by atoms with Crippen LogP contribution in [0.25, 0.3) is 0 Å². The maximum absolute atomic E-state index is 12.7. The van der Waals surface area contributed by atoms with E-state index >= 15 is 0 Å². The first-order valence-electron chi connectivity index (χ1n) is 2.90. The van der Waals surface area contributed by atoms with Gasteiger partial charge in [0.25, 0.3) is 0 Å². The minimum Gasteiger partial charge on any atom is -0.465 e. The Morgan fingerprint density at radius 3 is 2.92 bits per heavy atom. The van der Waals surface area contributed by atoms with E-state index in [1.807, 2.05) is 5.32 Å². The number of hydrogen-bond acceptors (Lipinski definition) is 2. The highest BCUT2D eigenvalue weighted by Gasteiger charge is 2.03. The van der Waals surface area contributed by atoms with Crippen LogP contribution in [0.4, 0.5) is 15.0 Å². The van der Waals surface area contributed by atoms with E-state index in [-0.39, 0.29) is 5.82 Å². The fourth-order valence-electron chi connectivity index (χ4n) is 0.592. The summed E-state index contributed by atoms with van der Waals surface area (Å²) in [6.45, 7) is 0. The lowest BCUT2D eigenvalue weighted by Gasteiger charge is -1.99. The number of aromatic nitrogens is 1. The molecule has 1 heterocycles. The first-order chi connectivity index (χ1) is 5.59. The molecule has 12 heavy (non-hydrogen) atoms. The molecule has 1 aromatic heterocycles. The number of nitrogens with one attached hydrogen (secondary N) is 1. The van der Waals surface area contributed by atoms with Gasteiger partial charge < -0.3 is 5.11 Å². The van der Waals surface area contributed by atoms with Crippen LogP contribution in [0.2, 0.25) is 0 Å². The van der Waals surface area contributed by atoms with Crippen molar-refractivity contribution in [2.45, 2.75) is 0 Å². The Kier molecular flexibility index (Phi) is 2.79. The summed E-state index contributed by atoms with van der Waals surface area (Å²) in [5.41, 5.74) is 0. The van der Waals surface area contributed by atoms with Crippen LogP contribution in [0, 0.1) is 9.39 Å². The lowest BCUT2D eigenvalue weighted by atomic mass is 10.4. The van der Waals surface area contributed by atoms with Crippen LogP contribution in [-0.2, 0) is 0 Å². The van der Waals surface area contributed by atoms with E-state index in [2.05, 4.69) is 4.98 Å². The zero-order valence-corrected chi connectivity index (χ0v) is 7.87. The lowest BCUT2D eigenvalue weighted by molar-refractivity contribution is 0.209. The number of amides is 1. The Morgan fingerprint density at radius 1 is 1.75 bits per heavy atom. The Balaban J connectivity index is 2.89. The monoisotopic (exact) mass is 282 g/mol. The molecule has 2 N–H and O–H groups in total. The number of pyridine rings is 1. The number of carbonyl (C=O) groups is 1. The molecule has 0 radical (unpaired) electrons. The summed E-state index contributed by atoms with van der Waals surface area (Å²) in [6, 6.07) is 1.02. The van der Waals surface area contributed by atoms with Gasteiger partial charge in [0.1, 0.15) is 11.6 Å². The molecule has 0 aliphatic heterocycles. The highest BCUT2D eigenvalue weighted by Crippen LogP contribution is 2.12. The second-order valence-electron chi connectivity index (χ2n) is 1.91. The van der Waals surface area contributed by atoms with Crippen molar-refractivity contribution in [3.63, 3.8) is 0 Å². The second kappa shape index (κ2) is 3.65. The topological polar surface area (TPSA) is 62.2 Å². The van der Waals surface area contributed by atoms with Crippen LogP contribution in [0.3, 0.4) is 0 Å². The molecule has 0 spiro atoms. The largest absolute Gasteiger partial charge is 0.465 e. The molecular weight excluding hydrogens is 278 g/mol. The molecule has 0 unspecified atom stereocenters. The summed E-state index contributed by atoms with van der Waals surface area (Å²) in [6.07, 6.45) is -0.00985. The van der Waals surface area contributed by atoms with E-state index < -0.39 is 11.9 Å². The van der Waals surface area contributed by atoms with Crippen LogP contribution >= 0.6 is 22.6 Å². The van der Waals surface area contributed by atoms with Gasteiger partial charge in [-0.1, -0.05) is 0 Å². The minimum atomic E-state index is -1.26. The molecule has 0 aliphatic carbocycles. The van der Waals surface area contributed by atoms with Crippen molar-refractivity contribution in [2.24, 2.45) is 0 Å². The van der Waals surface area contributed by atoms with Crippen molar-refractivity contribution in [2.75, 3.05) is 5.32 Å². The van der Waals surface area contributed by atoms with Crippen LogP contribution < -0.4 is 5.32 Å². The normalized spacial score (nSPS) is 9.50. The van der Waals surface area contributed by atoms with Gasteiger partial charge in [-0.15, -0.1) is 0 Å². The smallest absolute Gasteiger partial charge is 0.410 e. The molecule has 1 aromatic rings. The average molecular weight is 282 g/mol. The maximum Gasteiger partial charge on any atom is 0.410 e. The number of hydrogen-bond donors (Lipinski definition) is 2. The van der Waals surface area contributed by atoms with Crippen molar-refractivity contribution in [3.8, 4) is 0 Å². The Bertz CT molecular complexity index is 318. The van der Waals surface area contributed by atoms with Crippen LogP contribution in [-0.4, -0.2) is 16.2 Å². The molecule has 6 heteroatoms. The fourth-order valence-corrected chi connectivity index (χ4v) is 0.887. The molecule has 0 aliphatic rings. The van der Waals surface area contributed by atoms with Gasteiger partial charge in [-0.2, -0.15) is 0 Å². The van der Waals surface area contributed by atoms with Crippen LogP contribution in [0.1, 0.15) is 0 Å². The van der Waals surface area contributed by atoms with Gasteiger partial charge in [0.05, 0.1) is 3.57 Å². The Morgan fingerprint density at radius 2 is 2.42 bits per heavy atom. The van der Waals surface area contributed by atoms with E-state index in [9.17, 15) is 9.18 Å². The minimum absolute atomic E-state index is 0.0135. The Labute approximate surface area is 80.9 Å². The van der Waals surface area contributed by atoms with Gasteiger partial charge in [0.2, 0.25) is 0 Å². The van der Waals surface area contributed by atoms with Crippen molar-refractivity contribution in [1.82, 2.24) is 4.98 Å². The molecule has 0 saturated carbocycles.